The summed E-state index contributed by atoms with van der Waals surface area (Å²) in [6, 6.07) is 6.32. The third-order valence-corrected chi connectivity index (χ3v) is 4.49. The molecule has 1 aliphatic rings. The zero-order valence-electron chi connectivity index (χ0n) is 9.64. The Hall–Kier alpha value is -1.89. The van der Waals surface area contributed by atoms with Crippen LogP contribution in [0, 0.1) is 4.78 Å². The van der Waals surface area contributed by atoms with Crippen LogP contribution in [0.2, 0.25) is 0 Å². The number of hydrogen-bond acceptors (Lipinski definition) is 5. The van der Waals surface area contributed by atoms with Gasteiger partial charge in [-0.2, -0.15) is 0 Å². The lowest BCUT2D eigenvalue weighted by Gasteiger charge is -2.11. The highest BCUT2D eigenvalue weighted by Gasteiger charge is 2.35. The van der Waals surface area contributed by atoms with E-state index in [1.54, 1.807) is 18.2 Å². The second-order valence-corrected chi connectivity index (χ2v) is 5.91. The molecule has 2 atom stereocenters. The van der Waals surface area contributed by atoms with Crippen LogP contribution in [-0.2, 0) is 19.4 Å². The highest BCUT2D eigenvalue weighted by Crippen LogP contribution is 2.30. The molecule has 1 aliphatic heterocycles. The van der Waals surface area contributed by atoms with Crippen LogP contribution in [0.1, 0.15) is 27.6 Å². The van der Waals surface area contributed by atoms with Gasteiger partial charge in [-0.1, -0.05) is 12.1 Å². The summed E-state index contributed by atoms with van der Waals surface area (Å²) in [5.41, 5.74) is 0.834. The lowest BCUT2D eigenvalue weighted by Crippen LogP contribution is -2.20. The van der Waals surface area contributed by atoms with Crippen LogP contribution < -0.4 is 4.72 Å². The van der Waals surface area contributed by atoms with Crippen LogP contribution in [-0.4, -0.2) is 23.2 Å². The molecule has 0 saturated carbocycles. The first-order chi connectivity index (χ1) is 8.44. The Morgan fingerprint density at radius 2 is 2.28 bits per heavy atom. The van der Waals surface area contributed by atoms with Crippen molar-refractivity contribution in [1.82, 2.24) is 4.72 Å². The Kier molecular flexibility index (Phi) is 3.08. The summed E-state index contributed by atoms with van der Waals surface area (Å²) in [5.74, 6) is -0.922. The lowest BCUT2D eigenvalue weighted by molar-refractivity contribution is -0.118. The molecule has 0 bridgehead atoms. The highest BCUT2D eigenvalue weighted by molar-refractivity contribution is 7.91. The lowest BCUT2D eigenvalue weighted by atomic mass is 10.1. The first kappa shape index (κ1) is 12.6. The minimum Gasteiger partial charge on any atom is -0.465 e. The molecular formula is C11H12N2O4S. The smallest absolute Gasteiger partial charge is 0.337 e. The second-order valence-electron chi connectivity index (χ2n) is 3.94. The third kappa shape index (κ3) is 2.21. The fraction of sp³-hybridized carbons (Fsp3) is 0.273. The zero-order valence-corrected chi connectivity index (χ0v) is 10.5. The van der Waals surface area contributed by atoms with Crippen molar-refractivity contribution < 1.29 is 18.5 Å². The maximum absolute atomic E-state index is 11.9. The Morgan fingerprint density at radius 3 is 2.83 bits per heavy atom. The molecule has 1 fully saturated rings. The minimum absolute atomic E-state index is 0.00698. The van der Waals surface area contributed by atoms with Gasteiger partial charge in [0, 0.05) is 6.42 Å². The van der Waals surface area contributed by atoms with Crippen molar-refractivity contribution >= 4 is 21.8 Å². The van der Waals surface area contributed by atoms with E-state index in [-0.39, 0.29) is 6.42 Å². The van der Waals surface area contributed by atoms with Crippen molar-refractivity contribution in [3.8, 4) is 0 Å². The summed E-state index contributed by atoms with van der Waals surface area (Å²) in [6.45, 7) is 0. The van der Waals surface area contributed by atoms with Crippen LogP contribution in [0.4, 0.5) is 0 Å². The molecule has 1 aromatic carbocycles. The van der Waals surface area contributed by atoms with Gasteiger partial charge < -0.3 is 4.74 Å². The standard InChI is InChI=1S/C11H12N2O4S/c1-17-11(15)8-4-2-3-7(5-8)9-6-10(14)13-18(9,12)16/h2-5,9H,6H2,1H3,(H2,12,13,14,16). The maximum atomic E-state index is 11.9. The summed E-state index contributed by atoms with van der Waals surface area (Å²) in [6.07, 6.45) is -0.00698. The summed E-state index contributed by atoms with van der Waals surface area (Å²) in [4.78, 5) is 22.6. The minimum atomic E-state index is -3.19. The van der Waals surface area contributed by atoms with Gasteiger partial charge in [-0.15, -0.1) is 0 Å². The molecule has 1 amide bonds. The molecule has 1 saturated heterocycles. The summed E-state index contributed by atoms with van der Waals surface area (Å²) >= 11 is 0. The van der Waals surface area contributed by atoms with Gasteiger partial charge in [-0.25, -0.2) is 13.8 Å². The molecule has 6 nitrogen and oxygen atoms in total. The van der Waals surface area contributed by atoms with Crippen LogP contribution >= 0.6 is 0 Å². The van der Waals surface area contributed by atoms with Crippen LogP contribution in [0.15, 0.2) is 24.3 Å². The Morgan fingerprint density at radius 1 is 1.56 bits per heavy atom. The molecule has 96 valence electrons. The number of carbonyl (C=O) groups is 2. The number of esters is 1. The average molecular weight is 268 g/mol. The van der Waals surface area contributed by atoms with Gasteiger partial charge in [0.15, 0.2) is 0 Å². The van der Waals surface area contributed by atoms with E-state index < -0.39 is 27.0 Å². The number of hydrogen-bond donors (Lipinski definition) is 2. The quantitative estimate of drug-likeness (QED) is 0.782. The molecule has 0 radical (unpaired) electrons. The second kappa shape index (κ2) is 4.41. The first-order valence-corrected chi connectivity index (χ1v) is 6.82. The van der Waals surface area contributed by atoms with Crippen molar-refractivity contribution in [3.63, 3.8) is 0 Å². The first-order valence-electron chi connectivity index (χ1n) is 5.20. The molecule has 2 unspecified atom stereocenters. The Bertz CT molecular complexity index is 609. The maximum Gasteiger partial charge on any atom is 0.337 e. The predicted octanol–water partition coefficient (Wildman–Crippen LogP) is 0.996. The zero-order chi connectivity index (χ0) is 13.3. The van der Waals surface area contributed by atoms with Crippen molar-refractivity contribution in [1.29, 1.82) is 4.78 Å². The van der Waals surface area contributed by atoms with E-state index in [1.807, 2.05) is 0 Å². The van der Waals surface area contributed by atoms with Crippen molar-refractivity contribution in [2.24, 2.45) is 0 Å². The van der Waals surface area contributed by atoms with Crippen molar-refractivity contribution in [3.05, 3.63) is 35.4 Å². The van der Waals surface area contributed by atoms with Gasteiger partial charge in [0.1, 0.15) is 9.92 Å². The summed E-state index contributed by atoms with van der Waals surface area (Å²) < 4.78 is 26.2. The topological polar surface area (TPSA) is 96.3 Å². The molecular weight excluding hydrogens is 256 g/mol. The summed E-state index contributed by atoms with van der Waals surface area (Å²) in [7, 11) is -1.92. The fourth-order valence-electron chi connectivity index (χ4n) is 1.86. The van der Waals surface area contributed by atoms with E-state index in [2.05, 4.69) is 9.46 Å². The third-order valence-electron chi connectivity index (χ3n) is 2.72. The number of nitrogens with one attached hydrogen (secondary N) is 2. The summed E-state index contributed by atoms with van der Waals surface area (Å²) in [5, 5.41) is -0.727. The van der Waals surface area contributed by atoms with Gasteiger partial charge in [0.2, 0.25) is 5.91 Å². The van der Waals surface area contributed by atoms with Gasteiger partial charge in [-0.05, 0) is 17.7 Å². The largest absolute Gasteiger partial charge is 0.465 e. The molecule has 0 aliphatic carbocycles. The van der Waals surface area contributed by atoms with E-state index in [4.69, 9.17) is 4.78 Å². The number of benzene rings is 1. The van der Waals surface area contributed by atoms with E-state index in [1.165, 1.54) is 13.2 Å². The number of ether oxygens (including phenoxy) is 1. The van der Waals surface area contributed by atoms with Crippen LogP contribution in [0.25, 0.3) is 0 Å². The molecule has 18 heavy (non-hydrogen) atoms. The van der Waals surface area contributed by atoms with Gasteiger partial charge >= 0.3 is 5.97 Å². The van der Waals surface area contributed by atoms with Crippen LogP contribution in [0.3, 0.4) is 0 Å². The van der Waals surface area contributed by atoms with Gasteiger partial charge in [0.05, 0.1) is 17.9 Å². The number of rotatable bonds is 2. The predicted molar refractivity (Wildman–Crippen MR) is 64.1 cm³/mol. The van der Waals surface area contributed by atoms with E-state index in [0.717, 1.165) is 0 Å². The number of amides is 1. The van der Waals surface area contributed by atoms with Crippen molar-refractivity contribution in [2.45, 2.75) is 11.7 Å². The molecule has 7 heteroatoms. The molecule has 1 heterocycles. The molecule has 2 rings (SSSR count). The van der Waals surface area contributed by atoms with Gasteiger partial charge in [0.25, 0.3) is 0 Å². The number of methoxy groups -OCH3 is 1. The fourth-order valence-corrected chi connectivity index (χ4v) is 3.34. The molecule has 2 N–H and O–H groups in total. The van der Waals surface area contributed by atoms with Crippen molar-refractivity contribution in [2.75, 3.05) is 7.11 Å². The van der Waals surface area contributed by atoms with Gasteiger partial charge in [-0.3, -0.25) is 9.52 Å². The average Bonchev–Trinajstić information content (AvgIpc) is 2.61. The normalized spacial score (nSPS) is 26.7. The Balaban J connectivity index is 2.41. The SMILES string of the molecule is COC(=O)c1cccc(C2CC(=O)NS2(=N)=O)c1. The van der Waals surface area contributed by atoms with E-state index in [9.17, 15) is 13.8 Å². The van der Waals surface area contributed by atoms with E-state index in [0.29, 0.717) is 11.1 Å². The molecule has 0 aromatic heterocycles. The molecule has 0 spiro atoms. The highest BCUT2D eigenvalue weighted by atomic mass is 32.2. The Labute approximate surface area is 104 Å². The van der Waals surface area contributed by atoms with E-state index >= 15 is 0 Å². The molecule has 1 aromatic rings. The monoisotopic (exact) mass is 268 g/mol. The number of carbonyl (C=O) groups excluding carboxylic acids is 2. The van der Waals surface area contributed by atoms with Crippen LogP contribution in [0.5, 0.6) is 0 Å².